The second-order valence-electron chi connectivity index (χ2n) is 7.61. The zero-order chi connectivity index (χ0) is 18.1. The molecule has 2 atom stereocenters. The molecule has 4 nitrogen and oxygen atoms in total. The predicted octanol–water partition coefficient (Wildman–Crippen LogP) is 4.57. The number of nitrogens with zero attached hydrogens (tertiary/aromatic N) is 2. The molecule has 1 aromatic carbocycles. The SMILES string of the molecule is C1=CCN(C(CCc2ccco2)C2Cc3ccccc3-c3[nH]ncc32)CC1. The molecular weight excluding hydrogens is 334 g/mol. The number of H-pyrrole nitrogens is 1. The quantitative estimate of drug-likeness (QED) is 0.679. The lowest BCUT2D eigenvalue weighted by atomic mass is 9.76. The lowest BCUT2D eigenvalue weighted by Crippen LogP contribution is -2.43. The summed E-state index contributed by atoms with van der Waals surface area (Å²) in [5, 5.41) is 7.68. The van der Waals surface area contributed by atoms with Crippen LogP contribution in [-0.2, 0) is 12.8 Å². The van der Waals surface area contributed by atoms with Crippen LogP contribution in [0.4, 0.5) is 0 Å². The van der Waals surface area contributed by atoms with Gasteiger partial charge in [0, 0.05) is 42.6 Å². The molecular formula is C23H25N3O. The molecule has 138 valence electrons. The van der Waals surface area contributed by atoms with Crippen LogP contribution in [0.15, 0.2) is 65.4 Å². The lowest BCUT2D eigenvalue weighted by molar-refractivity contribution is 0.171. The summed E-state index contributed by atoms with van der Waals surface area (Å²) in [7, 11) is 0. The molecule has 3 aromatic rings. The molecule has 27 heavy (non-hydrogen) atoms. The Balaban J connectivity index is 1.48. The Bertz CT molecular complexity index is 925. The Morgan fingerprint density at radius 3 is 3.00 bits per heavy atom. The van der Waals surface area contributed by atoms with Crippen molar-refractivity contribution >= 4 is 0 Å². The molecule has 1 aliphatic heterocycles. The highest BCUT2D eigenvalue weighted by atomic mass is 16.3. The number of hydrogen-bond acceptors (Lipinski definition) is 3. The highest BCUT2D eigenvalue weighted by Crippen LogP contribution is 2.42. The fourth-order valence-electron chi connectivity index (χ4n) is 4.77. The summed E-state index contributed by atoms with van der Waals surface area (Å²) >= 11 is 0. The van der Waals surface area contributed by atoms with Gasteiger partial charge in [0.1, 0.15) is 5.76 Å². The molecule has 0 saturated carbocycles. The van der Waals surface area contributed by atoms with Crippen molar-refractivity contribution in [2.45, 2.75) is 37.6 Å². The van der Waals surface area contributed by atoms with Crippen LogP contribution in [0, 0.1) is 0 Å². The van der Waals surface area contributed by atoms with Gasteiger partial charge < -0.3 is 4.42 Å². The fourth-order valence-corrected chi connectivity index (χ4v) is 4.77. The number of aromatic nitrogens is 2. The summed E-state index contributed by atoms with van der Waals surface area (Å²) in [6, 6.07) is 13.3. The standard InChI is InChI=1S/C23H25N3O/c1-4-12-26(13-5-1)22(11-10-18-8-6-14-27-18)20-15-17-7-2-3-9-19(17)23-21(20)16-24-25-23/h1-4,6-9,14,16,20,22H,5,10-13,15H2,(H,24,25). The van der Waals surface area contributed by atoms with E-state index in [2.05, 4.69) is 63.8 Å². The van der Waals surface area contributed by atoms with E-state index < -0.39 is 0 Å². The van der Waals surface area contributed by atoms with E-state index in [9.17, 15) is 0 Å². The number of fused-ring (bicyclic) bond motifs is 3. The van der Waals surface area contributed by atoms with Crippen molar-refractivity contribution in [1.82, 2.24) is 15.1 Å². The molecule has 0 radical (unpaired) electrons. The van der Waals surface area contributed by atoms with E-state index in [4.69, 9.17) is 4.42 Å². The Labute approximate surface area is 159 Å². The molecule has 4 heteroatoms. The maximum atomic E-state index is 5.62. The van der Waals surface area contributed by atoms with Gasteiger partial charge in [0.15, 0.2) is 0 Å². The van der Waals surface area contributed by atoms with E-state index in [1.54, 1.807) is 6.26 Å². The highest BCUT2D eigenvalue weighted by Gasteiger charge is 2.35. The first-order valence-corrected chi connectivity index (χ1v) is 9.93. The maximum absolute atomic E-state index is 5.62. The van der Waals surface area contributed by atoms with Gasteiger partial charge in [-0.05, 0) is 37.0 Å². The van der Waals surface area contributed by atoms with Crippen LogP contribution in [-0.4, -0.2) is 34.2 Å². The number of aromatic amines is 1. The van der Waals surface area contributed by atoms with Crippen molar-refractivity contribution in [2.75, 3.05) is 13.1 Å². The van der Waals surface area contributed by atoms with Crippen molar-refractivity contribution in [3.05, 3.63) is 77.9 Å². The molecule has 0 amide bonds. The topological polar surface area (TPSA) is 45.1 Å². The largest absolute Gasteiger partial charge is 0.469 e. The molecule has 3 heterocycles. The number of nitrogens with one attached hydrogen (secondary N) is 1. The number of benzene rings is 1. The molecule has 2 unspecified atom stereocenters. The molecule has 1 aliphatic carbocycles. The molecule has 1 N–H and O–H groups in total. The van der Waals surface area contributed by atoms with Crippen LogP contribution >= 0.6 is 0 Å². The lowest BCUT2D eigenvalue weighted by Gasteiger charge is -2.39. The Morgan fingerprint density at radius 1 is 1.19 bits per heavy atom. The number of furan rings is 1. The minimum atomic E-state index is 0.454. The maximum Gasteiger partial charge on any atom is 0.103 e. The Morgan fingerprint density at radius 2 is 2.15 bits per heavy atom. The van der Waals surface area contributed by atoms with Crippen molar-refractivity contribution in [2.24, 2.45) is 0 Å². The van der Waals surface area contributed by atoms with Crippen molar-refractivity contribution in [1.29, 1.82) is 0 Å². The molecule has 0 fully saturated rings. The van der Waals surface area contributed by atoms with Gasteiger partial charge in [-0.1, -0.05) is 36.4 Å². The van der Waals surface area contributed by atoms with Gasteiger partial charge >= 0.3 is 0 Å². The van der Waals surface area contributed by atoms with E-state index in [0.717, 1.165) is 44.5 Å². The first-order valence-electron chi connectivity index (χ1n) is 9.93. The van der Waals surface area contributed by atoms with E-state index in [1.165, 1.54) is 22.4 Å². The Kier molecular flexibility index (Phi) is 4.42. The summed E-state index contributed by atoms with van der Waals surface area (Å²) in [6.45, 7) is 2.17. The van der Waals surface area contributed by atoms with Crippen LogP contribution < -0.4 is 0 Å². The van der Waals surface area contributed by atoms with Crippen molar-refractivity contribution < 1.29 is 4.42 Å². The molecule has 0 spiro atoms. The van der Waals surface area contributed by atoms with Gasteiger partial charge in [-0.3, -0.25) is 10.00 Å². The fraction of sp³-hybridized carbons (Fsp3) is 0.348. The van der Waals surface area contributed by atoms with Gasteiger partial charge in [-0.2, -0.15) is 5.10 Å². The average molecular weight is 359 g/mol. The number of hydrogen-bond donors (Lipinski definition) is 1. The smallest absolute Gasteiger partial charge is 0.103 e. The van der Waals surface area contributed by atoms with Gasteiger partial charge in [0.2, 0.25) is 0 Å². The van der Waals surface area contributed by atoms with Gasteiger partial charge in [-0.25, -0.2) is 0 Å². The first kappa shape index (κ1) is 16.6. The molecule has 5 rings (SSSR count). The van der Waals surface area contributed by atoms with E-state index in [-0.39, 0.29) is 0 Å². The van der Waals surface area contributed by atoms with Crippen LogP contribution in [0.25, 0.3) is 11.3 Å². The van der Waals surface area contributed by atoms with Crippen LogP contribution in [0.1, 0.15) is 35.6 Å². The minimum Gasteiger partial charge on any atom is -0.469 e. The van der Waals surface area contributed by atoms with Gasteiger partial charge in [0.25, 0.3) is 0 Å². The van der Waals surface area contributed by atoms with Crippen molar-refractivity contribution in [3.63, 3.8) is 0 Å². The summed E-state index contributed by atoms with van der Waals surface area (Å²) < 4.78 is 5.62. The third-order valence-corrected chi connectivity index (χ3v) is 6.08. The summed E-state index contributed by atoms with van der Waals surface area (Å²) in [5.74, 6) is 1.53. The monoisotopic (exact) mass is 359 g/mol. The summed E-state index contributed by atoms with van der Waals surface area (Å²) in [4.78, 5) is 2.65. The van der Waals surface area contributed by atoms with Gasteiger partial charge in [-0.15, -0.1) is 0 Å². The Hall–Kier alpha value is -2.59. The van der Waals surface area contributed by atoms with Gasteiger partial charge in [0.05, 0.1) is 18.2 Å². The number of rotatable bonds is 5. The third-order valence-electron chi connectivity index (χ3n) is 6.08. The zero-order valence-electron chi connectivity index (χ0n) is 15.5. The van der Waals surface area contributed by atoms with E-state index >= 15 is 0 Å². The normalized spacial score (nSPS) is 20.2. The molecule has 0 bridgehead atoms. The predicted molar refractivity (Wildman–Crippen MR) is 107 cm³/mol. The highest BCUT2D eigenvalue weighted by molar-refractivity contribution is 5.70. The molecule has 2 aliphatic rings. The minimum absolute atomic E-state index is 0.454. The average Bonchev–Trinajstić information content (AvgIpc) is 3.41. The second kappa shape index (κ2) is 7.20. The van der Waals surface area contributed by atoms with Crippen LogP contribution in [0.2, 0.25) is 0 Å². The zero-order valence-corrected chi connectivity index (χ0v) is 15.5. The van der Waals surface area contributed by atoms with Crippen molar-refractivity contribution in [3.8, 4) is 11.3 Å². The van der Waals surface area contributed by atoms with Crippen LogP contribution in [0.5, 0.6) is 0 Å². The van der Waals surface area contributed by atoms with E-state index in [1.807, 2.05) is 6.07 Å². The molecule has 2 aromatic heterocycles. The van der Waals surface area contributed by atoms with Crippen LogP contribution in [0.3, 0.4) is 0 Å². The van der Waals surface area contributed by atoms with E-state index in [0.29, 0.717) is 12.0 Å². The summed E-state index contributed by atoms with van der Waals surface area (Å²) in [5.41, 5.74) is 5.31. The summed E-state index contributed by atoms with van der Waals surface area (Å²) in [6.07, 6.45) is 12.7. The third kappa shape index (κ3) is 3.15. The molecule has 0 saturated heterocycles. The first-order chi connectivity index (χ1) is 13.4. The number of aryl methyl sites for hydroxylation is 1. The second-order valence-corrected chi connectivity index (χ2v) is 7.61.